The van der Waals surface area contributed by atoms with E-state index in [-0.39, 0.29) is 5.91 Å². The minimum Gasteiger partial charge on any atom is -0.347 e. The van der Waals surface area contributed by atoms with Crippen LogP contribution < -0.4 is 0 Å². The SMILES string of the molecule is CN(C)C(=O)C1(Cc2ccc(-c3ccncc3)cc2)CCCCN1Cc1ccccn1. The molecule has 1 aromatic carbocycles. The van der Waals surface area contributed by atoms with Crippen LogP contribution in [0.3, 0.4) is 0 Å². The summed E-state index contributed by atoms with van der Waals surface area (Å²) in [5.41, 5.74) is 3.95. The second kappa shape index (κ2) is 9.40. The van der Waals surface area contributed by atoms with Gasteiger partial charge in [0.15, 0.2) is 0 Å². The van der Waals surface area contributed by atoms with Crippen molar-refractivity contribution in [3.05, 3.63) is 84.4 Å². The highest BCUT2D eigenvalue weighted by Gasteiger charge is 2.46. The number of rotatable bonds is 6. The normalized spacial score (nSPS) is 19.2. The highest BCUT2D eigenvalue weighted by atomic mass is 16.2. The number of likely N-dealkylation sites (N-methyl/N-ethyl adjacent to an activating group) is 1. The number of pyridine rings is 2. The lowest BCUT2D eigenvalue weighted by molar-refractivity contribution is -0.145. The fourth-order valence-corrected chi connectivity index (χ4v) is 4.64. The Labute approximate surface area is 184 Å². The van der Waals surface area contributed by atoms with Gasteiger partial charge < -0.3 is 4.90 Å². The van der Waals surface area contributed by atoms with Gasteiger partial charge in [-0.05, 0) is 73.2 Å². The quantitative estimate of drug-likeness (QED) is 0.607. The highest BCUT2D eigenvalue weighted by Crippen LogP contribution is 2.35. The highest BCUT2D eigenvalue weighted by molar-refractivity contribution is 5.86. The summed E-state index contributed by atoms with van der Waals surface area (Å²) in [6, 6.07) is 18.6. The van der Waals surface area contributed by atoms with Crippen LogP contribution in [0.15, 0.2) is 73.2 Å². The molecule has 1 aliphatic rings. The molecule has 1 amide bonds. The lowest BCUT2D eigenvalue weighted by atomic mass is 9.79. The third kappa shape index (κ3) is 4.67. The van der Waals surface area contributed by atoms with E-state index in [2.05, 4.69) is 39.1 Å². The van der Waals surface area contributed by atoms with E-state index in [1.54, 1.807) is 4.90 Å². The molecule has 4 rings (SSSR count). The van der Waals surface area contributed by atoms with Crippen LogP contribution in [0.25, 0.3) is 11.1 Å². The van der Waals surface area contributed by atoms with Crippen LogP contribution in [-0.2, 0) is 17.8 Å². The molecule has 31 heavy (non-hydrogen) atoms. The van der Waals surface area contributed by atoms with Crippen molar-refractivity contribution in [1.82, 2.24) is 19.8 Å². The number of nitrogens with zero attached hydrogens (tertiary/aromatic N) is 4. The predicted octanol–water partition coefficient (Wildman–Crippen LogP) is 4.20. The van der Waals surface area contributed by atoms with Crippen molar-refractivity contribution in [2.24, 2.45) is 0 Å². The van der Waals surface area contributed by atoms with Crippen molar-refractivity contribution in [2.45, 2.75) is 37.8 Å². The molecule has 5 nitrogen and oxygen atoms in total. The number of hydrogen-bond acceptors (Lipinski definition) is 4. The monoisotopic (exact) mass is 414 g/mol. The molecule has 0 saturated carbocycles. The Morgan fingerprint density at radius 3 is 2.39 bits per heavy atom. The first-order valence-electron chi connectivity index (χ1n) is 10.9. The van der Waals surface area contributed by atoms with E-state index in [4.69, 9.17) is 0 Å². The third-order valence-corrected chi connectivity index (χ3v) is 6.22. The van der Waals surface area contributed by atoms with Crippen molar-refractivity contribution in [2.75, 3.05) is 20.6 Å². The first-order chi connectivity index (χ1) is 15.1. The fraction of sp³-hybridized carbons (Fsp3) is 0.346. The molecule has 1 saturated heterocycles. The first-order valence-corrected chi connectivity index (χ1v) is 10.9. The Morgan fingerprint density at radius 2 is 1.71 bits per heavy atom. The summed E-state index contributed by atoms with van der Waals surface area (Å²) in [6.45, 7) is 1.60. The molecular formula is C26H30N4O. The number of carbonyl (C=O) groups is 1. The van der Waals surface area contributed by atoms with Gasteiger partial charge in [-0.15, -0.1) is 0 Å². The van der Waals surface area contributed by atoms with Gasteiger partial charge in [0, 0.05) is 39.2 Å². The van der Waals surface area contributed by atoms with E-state index in [1.807, 2.05) is 63.0 Å². The standard InChI is InChI=1S/C26H30N4O/c1-29(2)25(31)26(14-4-6-18-30(26)20-24-7-3-5-15-28-24)19-21-8-10-22(11-9-21)23-12-16-27-17-13-23/h3,5,7-13,15-17H,4,6,14,18-20H2,1-2H3. The van der Waals surface area contributed by atoms with Gasteiger partial charge in [-0.2, -0.15) is 0 Å². The van der Waals surface area contributed by atoms with Gasteiger partial charge in [0.25, 0.3) is 0 Å². The zero-order chi connectivity index (χ0) is 21.7. The van der Waals surface area contributed by atoms with Crippen LogP contribution >= 0.6 is 0 Å². The molecule has 0 aliphatic carbocycles. The van der Waals surface area contributed by atoms with E-state index < -0.39 is 5.54 Å². The van der Waals surface area contributed by atoms with Crippen LogP contribution in [0.1, 0.15) is 30.5 Å². The number of aromatic nitrogens is 2. The maximum atomic E-state index is 13.6. The molecule has 3 aromatic rings. The largest absolute Gasteiger partial charge is 0.347 e. The Hall–Kier alpha value is -3.05. The molecular weight excluding hydrogens is 384 g/mol. The number of hydrogen-bond donors (Lipinski definition) is 0. The van der Waals surface area contributed by atoms with Gasteiger partial charge in [0.1, 0.15) is 5.54 Å². The van der Waals surface area contributed by atoms with Crippen LogP contribution in [-0.4, -0.2) is 51.9 Å². The van der Waals surface area contributed by atoms with Crippen molar-refractivity contribution in [3.8, 4) is 11.1 Å². The maximum Gasteiger partial charge on any atom is 0.242 e. The summed E-state index contributed by atoms with van der Waals surface area (Å²) >= 11 is 0. The molecule has 1 atom stereocenters. The number of piperidine rings is 1. The van der Waals surface area contributed by atoms with Crippen LogP contribution in [0.4, 0.5) is 0 Å². The van der Waals surface area contributed by atoms with Gasteiger partial charge in [-0.25, -0.2) is 0 Å². The van der Waals surface area contributed by atoms with Crippen LogP contribution in [0, 0.1) is 0 Å². The average molecular weight is 415 g/mol. The van der Waals surface area contributed by atoms with Crippen molar-refractivity contribution in [1.29, 1.82) is 0 Å². The molecule has 3 heterocycles. The van der Waals surface area contributed by atoms with E-state index in [0.29, 0.717) is 13.0 Å². The third-order valence-electron chi connectivity index (χ3n) is 6.22. The number of amides is 1. The molecule has 1 unspecified atom stereocenters. The molecule has 1 aliphatic heterocycles. The summed E-state index contributed by atoms with van der Waals surface area (Å²) in [6.07, 6.45) is 9.18. The molecule has 0 spiro atoms. The predicted molar refractivity (Wildman–Crippen MR) is 123 cm³/mol. The number of likely N-dealkylation sites (tertiary alicyclic amines) is 1. The van der Waals surface area contributed by atoms with E-state index in [1.165, 1.54) is 5.56 Å². The molecule has 0 radical (unpaired) electrons. The van der Waals surface area contributed by atoms with Gasteiger partial charge in [-0.3, -0.25) is 19.7 Å². The summed E-state index contributed by atoms with van der Waals surface area (Å²) in [4.78, 5) is 26.3. The van der Waals surface area contributed by atoms with E-state index >= 15 is 0 Å². The lowest BCUT2D eigenvalue weighted by Crippen LogP contribution is -2.61. The van der Waals surface area contributed by atoms with Gasteiger partial charge in [0.05, 0.1) is 5.69 Å². The second-order valence-electron chi connectivity index (χ2n) is 8.54. The molecule has 5 heteroatoms. The molecule has 0 N–H and O–H groups in total. The Kier molecular flexibility index (Phi) is 6.42. The second-order valence-corrected chi connectivity index (χ2v) is 8.54. The topological polar surface area (TPSA) is 49.3 Å². The fourth-order valence-electron chi connectivity index (χ4n) is 4.64. The minimum absolute atomic E-state index is 0.182. The Morgan fingerprint density at radius 1 is 0.968 bits per heavy atom. The van der Waals surface area contributed by atoms with E-state index in [0.717, 1.165) is 42.6 Å². The van der Waals surface area contributed by atoms with Crippen molar-refractivity contribution < 1.29 is 4.79 Å². The molecule has 2 aromatic heterocycles. The van der Waals surface area contributed by atoms with Gasteiger partial charge in [0.2, 0.25) is 5.91 Å². The van der Waals surface area contributed by atoms with Crippen molar-refractivity contribution in [3.63, 3.8) is 0 Å². The molecule has 0 bridgehead atoms. The zero-order valence-corrected chi connectivity index (χ0v) is 18.4. The first kappa shape index (κ1) is 21.2. The summed E-state index contributed by atoms with van der Waals surface area (Å²) < 4.78 is 0. The lowest BCUT2D eigenvalue weighted by Gasteiger charge is -2.47. The zero-order valence-electron chi connectivity index (χ0n) is 18.4. The molecule has 160 valence electrons. The van der Waals surface area contributed by atoms with Crippen LogP contribution in [0.5, 0.6) is 0 Å². The van der Waals surface area contributed by atoms with E-state index in [9.17, 15) is 4.79 Å². The smallest absolute Gasteiger partial charge is 0.242 e. The number of carbonyl (C=O) groups excluding carboxylic acids is 1. The molecule has 1 fully saturated rings. The summed E-state index contributed by atoms with van der Waals surface area (Å²) in [5.74, 6) is 0.182. The van der Waals surface area contributed by atoms with Gasteiger partial charge >= 0.3 is 0 Å². The van der Waals surface area contributed by atoms with Crippen LogP contribution in [0.2, 0.25) is 0 Å². The average Bonchev–Trinajstić information content (AvgIpc) is 2.81. The number of benzene rings is 1. The maximum absolute atomic E-state index is 13.6. The Bertz CT molecular complexity index is 989. The van der Waals surface area contributed by atoms with Crippen molar-refractivity contribution >= 4 is 5.91 Å². The summed E-state index contributed by atoms with van der Waals surface area (Å²) in [5, 5.41) is 0. The Balaban J connectivity index is 1.64. The summed E-state index contributed by atoms with van der Waals surface area (Å²) in [7, 11) is 3.73. The van der Waals surface area contributed by atoms with Gasteiger partial charge in [-0.1, -0.05) is 30.3 Å². The minimum atomic E-state index is -0.544.